The molecule has 0 aromatic heterocycles. The summed E-state index contributed by atoms with van der Waals surface area (Å²) >= 11 is 4.89. The van der Waals surface area contributed by atoms with Gasteiger partial charge in [-0.1, -0.05) is 50.3 Å². The van der Waals surface area contributed by atoms with E-state index in [0.29, 0.717) is 17.5 Å². The zero-order chi connectivity index (χ0) is 16.2. The minimum absolute atomic E-state index is 0.00445. The first-order chi connectivity index (χ1) is 9.63. The summed E-state index contributed by atoms with van der Waals surface area (Å²) in [5.74, 6) is 0.286. The van der Waals surface area contributed by atoms with Crippen LogP contribution in [0.3, 0.4) is 0 Å². The first-order valence-electron chi connectivity index (χ1n) is 7.01. The Kier molecular flexibility index (Phi) is 6.31. The summed E-state index contributed by atoms with van der Waals surface area (Å²) in [6.45, 7) is 8.36. The molecule has 6 heteroatoms. The number of thiocarbonyl (C=S) groups is 1. The molecular formula is C15H24N2O2S2. The van der Waals surface area contributed by atoms with Gasteiger partial charge in [-0.15, -0.1) is 0 Å². The Morgan fingerprint density at radius 2 is 1.71 bits per heavy atom. The van der Waals surface area contributed by atoms with E-state index < -0.39 is 10.0 Å². The lowest BCUT2D eigenvalue weighted by Crippen LogP contribution is -2.40. The Morgan fingerprint density at radius 1 is 1.19 bits per heavy atom. The molecule has 0 aliphatic carbocycles. The second-order valence-electron chi connectivity index (χ2n) is 5.87. The highest BCUT2D eigenvalue weighted by Gasteiger charge is 2.25. The van der Waals surface area contributed by atoms with Crippen molar-refractivity contribution < 1.29 is 8.42 Å². The minimum atomic E-state index is -3.33. The molecule has 0 unspecified atom stereocenters. The number of nitrogens with zero attached hydrogens (tertiary/aromatic N) is 1. The Balaban J connectivity index is 2.94. The fourth-order valence-corrected chi connectivity index (χ4v) is 4.15. The van der Waals surface area contributed by atoms with Crippen LogP contribution in [0.15, 0.2) is 24.3 Å². The van der Waals surface area contributed by atoms with Gasteiger partial charge in [0.05, 0.1) is 5.75 Å². The average molecular weight is 329 g/mol. The average Bonchev–Trinajstić information content (AvgIpc) is 2.35. The molecule has 0 aliphatic heterocycles. The molecule has 0 bridgehead atoms. The summed E-state index contributed by atoms with van der Waals surface area (Å²) in [6, 6.07) is 7.00. The van der Waals surface area contributed by atoms with Gasteiger partial charge in [-0.25, -0.2) is 8.42 Å². The molecule has 1 rings (SSSR count). The van der Waals surface area contributed by atoms with E-state index in [9.17, 15) is 8.42 Å². The summed E-state index contributed by atoms with van der Waals surface area (Å²) in [4.78, 5) is 0.313. The van der Waals surface area contributed by atoms with Crippen LogP contribution in [0, 0.1) is 5.92 Å². The van der Waals surface area contributed by atoms with Gasteiger partial charge in [-0.2, -0.15) is 4.31 Å². The molecule has 1 aromatic rings. The lowest BCUT2D eigenvalue weighted by Gasteiger charge is -2.27. The Bertz CT molecular complexity index is 578. The van der Waals surface area contributed by atoms with Gasteiger partial charge in [0.25, 0.3) is 0 Å². The molecule has 0 aliphatic rings. The van der Waals surface area contributed by atoms with E-state index >= 15 is 0 Å². The number of hydrogen-bond acceptors (Lipinski definition) is 3. The number of rotatable bonds is 7. The zero-order valence-corrected chi connectivity index (χ0v) is 14.7. The molecule has 0 heterocycles. The van der Waals surface area contributed by atoms with Crippen molar-refractivity contribution >= 4 is 27.2 Å². The summed E-state index contributed by atoms with van der Waals surface area (Å²) in [7, 11) is -3.33. The highest BCUT2D eigenvalue weighted by Crippen LogP contribution is 2.16. The second kappa shape index (κ2) is 7.33. The van der Waals surface area contributed by atoms with Crippen molar-refractivity contribution in [3.63, 3.8) is 0 Å². The SMILES string of the molecule is CC(C)CN(C(C)C)S(=O)(=O)Cc1ccc(C(N)=S)cc1. The van der Waals surface area contributed by atoms with Crippen LogP contribution in [-0.4, -0.2) is 30.3 Å². The first-order valence-corrected chi connectivity index (χ1v) is 9.03. The van der Waals surface area contributed by atoms with Gasteiger partial charge < -0.3 is 5.73 Å². The smallest absolute Gasteiger partial charge is 0.218 e. The topological polar surface area (TPSA) is 63.4 Å². The molecule has 2 N–H and O–H groups in total. The predicted molar refractivity (Wildman–Crippen MR) is 91.6 cm³/mol. The quantitative estimate of drug-likeness (QED) is 0.781. The third-order valence-electron chi connectivity index (χ3n) is 3.07. The Morgan fingerprint density at radius 3 is 2.10 bits per heavy atom. The van der Waals surface area contributed by atoms with Crippen LogP contribution in [-0.2, 0) is 15.8 Å². The van der Waals surface area contributed by atoms with Gasteiger partial charge in [0, 0.05) is 18.2 Å². The second-order valence-corrected chi connectivity index (χ2v) is 8.24. The van der Waals surface area contributed by atoms with Gasteiger partial charge >= 0.3 is 0 Å². The van der Waals surface area contributed by atoms with E-state index in [1.54, 1.807) is 28.6 Å². The van der Waals surface area contributed by atoms with Crippen molar-refractivity contribution in [2.75, 3.05) is 6.54 Å². The molecule has 1 aromatic carbocycles. The molecule has 118 valence electrons. The third kappa shape index (κ3) is 5.37. The standard InChI is InChI=1S/C15H24N2O2S2/c1-11(2)9-17(12(3)4)21(18,19)10-13-5-7-14(8-6-13)15(16)20/h5-8,11-12H,9-10H2,1-4H3,(H2,16,20). The molecule has 0 atom stereocenters. The number of sulfonamides is 1. The monoisotopic (exact) mass is 328 g/mol. The van der Waals surface area contributed by atoms with Crippen molar-refractivity contribution in [2.45, 2.75) is 39.5 Å². The molecule has 0 radical (unpaired) electrons. The van der Waals surface area contributed by atoms with Crippen molar-refractivity contribution in [3.8, 4) is 0 Å². The highest BCUT2D eigenvalue weighted by molar-refractivity contribution is 7.88. The van der Waals surface area contributed by atoms with Gasteiger partial charge in [0.2, 0.25) is 10.0 Å². The summed E-state index contributed by atoms with van der Waals surface area (Å²) in [5, 5.41) is 0. The molecule has 0 spiro atoms. The molecule has 0 saturated carbocycles. The molecule has 0 fully saturated rings. The van der Waals surface area contributed by atoms with E-state index in [4.69, 9.17) is 18.0 Å². The van der Waals surface area contributed by atoms with Gasteiger partial charge in [0.1, 0.15) is 4.99 Å². The van der Waals surface area contributed by atoms with Crippen molar-refractivity contribution in [1.82, 2.24) is 4.31 Å². The number of nitrogens with two attached hydrogens (primary N) is 1. The molecule has 0 amide bonds. The van der Waals surface area contributed by atoms with E-state index in [0.717, 1.165) is 11.1 Å². The van der Waals surface area contributed by atoms with Gasteiger partial charge in [-0.05, 0) is 25.3 Å². The highest BCUT2D eigenvalue weighted by atomic mass is 32.2. The normalized spacial score (nSPS) is 12.3. The van der Waals surface area contributed by atoms with Crippen molar-refractivity contribution in [2.24, 2.45) is 11.7 Å². The van der Waals surface area contributed by atoms with Crippen LogP contribution in [0.2, 0.25) is 0 Å². The lowest BCUT2D eigenvalue weighted by atomic mass is 10.1. The fourth-order valence-electron chi connectivity index (χ4n) is 2.06. The van der Waals surface area contributed by atoms with Crippen LogP contribution in [0.5, 0.6) is 0 Å². The summed E-state index contributed by atoms with van der Waals surface area (Å²) < 4.78 is 26.7. The van der Waals surface area contributed by atoms with E-state index in [-0.39, 0.29) is 11.8 Å². The van der Waals surface area contributed by atoms with Crippen LogP contribution in [0.25, 0.3) is 0 Å². The van der Waals surface area contributed by atoms with Crippen molar-refractivity contribution in [1.29, 1.82) is 0 Å². The van der Waals surface area contributed by atoms with E-state index in [1.165, 1.54) is 0 Å². The predicted octanol–water partition coefficient (Wildman–Crippen LogP) is 2.52. The fraction of sp³-hybridized carbons (Fsp3) is 0.533. The number of benzene rings is 1. The van der Waals surface area contributed by atoms with Crippen LogP contribution < -0.4 is 5.73 Å². The van der Waals surface area contributed by atoms with Crippen molar-refractivity contribution in [3.05, 3.63) is 35.4 Å². The molecular weight excluding hydrogens is 304 g/mol. The van der Waals surface area contributed by atoms with Gasteiger partial charge in [0.15, 0.2) is 0 Å². The third-order valence-corrected chi connectivity index (χ3v) is 5.29. The van der Waals surface area contributed by atoms with Gasteiger partial charge in [-0.3, -0.25) is 0 Å². The zero-order valence-electron chi connectivity index (χ0n) is 13.0. The molecule has 0 saturated heterocycles. The Hall–Kier alpha value is -0.980. The first kappa shape index (κ1) is 18.1. The van der Waals surface area contributed by atoms with Crippen LogP contribution >= 0.6 is 12.2 Å². The maximum atomic E-state index is 12.6. The maximum absolute atomic E-state index is 12.6. The largest absolute Gasteiger partial charge is 0.389 e. The van der Waals surface area contributed by atoms with E-state index in [2.05, 4.69) is 0 Å². The molecule has 21 heavy (non-hydrogen) atoms. The lowest BCUT2D eigenvalue weighted by molar-refractivity contribution is 0.318. The maximum Gasteiger partial charge on any atom is 0.218 e. The molecule has 4 nitrogen and oxygen atoms in total. The summed E-state index contributed by atoms with van der Waals surface area (Å²) in [6.07, 6.45) is 0. The number of hydrogen-bond donors (Lipinski definition) is 1. The van der Waals surface area contributed by atoms with Crippen LogP contribution in [0.4, 0.5) is 0 Å². The summed E-state index contributed by atoms with van der Waals surface area (Å²) in [5.41, 5.74) is 7.02. The Labute approximate surface area is 133 Å². The minimum Gasteiger partial charge on any atom is -0.389 e. The van der Waals surface area contributed by atoms with Crippen LogP contribution in [0.1, 0.15) is 38.8 Å². The van der Waals surface area contributed by atoms with E-state index in [1.807, 2.05) is 27.7 Å².